The Morgan fingerprint density at radius 1 is 0.800 bits per heavy atom. The van der Waals surface area contributed by atoms with E-state index in [0.29, 0.717) is 5.71 Å². The summed E-state index contributed by atoms with van der Waals surface area (Å²) in [7, 11) is 0. The number of oxime groups is 1. The molecule has 0 aliphatic carbocycles. The van der Waals surface area contributed by atoms with Crippen molar-refractivity contribution in [3.8, 4) is 0 Å². The predicted molar refractivity (Wildman–Crippen MR) is 149 cm³/mol. The number of carbonyl (C=O) groups excluding carboxylic acids is 1. The number of aryl methyl sites for hydroxylation is 1. The van der Waals surface area contributed by atoms with Crippen LogP contribution in [0.25, 0.3) is 21.8 Å². The van der Waals surface area contributed by atoms with Crippen LogP contribution in [0.2, 0.25) is 0 Å². The van der Waals surface area contributed by atoms with Gasteiger partial charge in [-0.3, -0.25) is 0 Å². The van der Waals surface area contributed by atoms with E-state index in [-0.39, 0.29) is 0 Å². The summed E-state index contributed by atoms with van der Waals surface area (Å²) in [5.74, 6) is -0.419. The molecule has 0 radical (unpaired) electrons. The highest BCUT2D eigenvalue weighted by molar-refractivity contribution is 6.12. The molecule has 0 unspecified atom stereocenters. The lowest BCUT2D eigenvalue weighted by atomic mass is 10.1. The average molecular weight is 478 g/mol. The van der Waals surface area contributed by atoms with E-state index in [1.54, 1.807) is 0 Å². The first-order valence-corrected chi connectivity index (χ1v) is 13.5. The van der Waals surface area contributed by atoms with Crippen LogP contribution in [0.3, 0.4) is 0 Å². The normalized spacial score (nSPS) is 12.0. The Hall–Kier alpha value is -2.82. The Morgan fingerprint density at radius 2 is 1.34 bits per heavy atom. The van der Waals surface area contributed by atoms with E-state index in [2.05, 4.69) is 40.9 Å². The highest BCUT2D eigenvalue weighted by Gasteiger charge is 2.12. The van der Waals surface area contributed by atoms with Crippen molar-refractivity contribution < 1.29 is 9.63 Å². The number of benzene rings is 2. The molecule has 5 heteroatoms. The zero-order valence-corrected chi connectivity index (χ0v) is 21.9. The molecular weight excluding hydrogens is 434 g/mol. The Bertz CT molecular complexity index is 1130. The quantitative estimate of drug-likeness (QED) is 0.0785. The monoisotopic (exact) mass is 477 g/mol. The predicted octanol–water partition coefficient (Wildman–Crippen LogP) is 8.36. The first kappa shape index (κ1) is 26.8. The van der Waals surface area contributed by atoms with Gasteiger partial charge in [-0.25, -0.2) is 4.79 Å². The van der Waals surface area contributed by atoms with E-state index in [4.69, 9.17) is 10.6 Å². The number of aromatic nitrogens is 1. The van der Waals surface area contributed by atoms with Crippen LogP contribution in [-0.4, -0.2) is 16.2 Å². The third-order valence-electron chi connectivity index (χ3n) is 6.85. The molecule has 0 bridgehead atoms. The number of fused-ring (bicyclic) bond motifs is 3. The molecule has 190 valence electrons. The second kappa shape index (κ2) is 13.9. The molecule has 35 heavy (non-hydrogen) atoms. The van der Waals surface area contributed by atoms with Gasteiger partial charge < -0.3 is 15.1 Å². The Morgan fingerprint density at radius 3 is 1.94 bits per heavy atom. The fraction of sp³-hybridized carbons (Fsp3) is 0.533. The zero-order chi connectivity index (χ0) is 25.0. The van der Waals surface area contributed by atoms with Crippen LogP contribution in [-0.2, 0) is 16.2 Å². The molecule has 2 N–H and O–H groups in total. The molecule has 0 saturated heterocycles. The van der Waals surface area contributed by atoms with Gasteiger partial charge in [-0.15, -0.1) is 0 Å². The number of unbranched alkanes of at least 4 members (excludes halogenated alkanes) is 11. The molecule has 0 aliphatic rings. The van der Waals surface area contributed by atoms with Crippen molar-refractivity contribution in [2.75, 3.05) is 5.73 Å². The van der Waals surface area contributed by atoms with E-state index in [9.17, 15) is 4.79 Å². The van der Waals surface area contributed by atoms with E-state index in [1.165, 1.54) is 95.0 Å². The molecule has 0 atom stereocenters. The molecule has 0 saturated carbocycles. The summed E-state index contributed by atoms with van der Waals surface area (Å²) in [6.45, 7) is 6.48. The largest absolute Gasteiger partial charge is 0.399 e. The van der Waals surface area contributed by atoms with Gasteiger partial charge in [0, 0.05) is 41.0 Å². The van der Waals surface area contributed by atoms with Crippen LogP contribution < -0.4 is 5.73 Å². The first-order chi connectivity index (χ1) is 17.0. The molecular formula is C30H43N3O2. The van der Waals surface area contributed by atoms with E-state index < -0.39 is 5.97 Å². The highest BCUT2D eigenvalue weighted by atomic mass is 16.7. The molecule has 0 amide bonds. The molecule has 5 nitrogen and oxygen atoms in total. The van der Waals surface area contributed by atoms with Crippen molar-refractivity contribution in [2.24, 2.45) is 5.16 Å². The number of hydrogen-bond acceptors (Lipinski definition) is 4. The molecule has 3 aromatic rings. The van der Waals surface area contributed by atoms with Crippen LogP contribution in [0, 0.1) is 0 Å². The second-order valence-electron chi connectivity index (χ2n) is 9.81. The Kier molecular flexibility index (Phi) is 10.6. The van der Waals surface area contributed by atoms with Crippen molar-refractivity contribution in [2.45, 2.75) is 104 Å². The van der Waals surface area contributed by atoms with Crippen LogP contribution in [0.5, 0.6) is 0 Å². The van der Waals surface area contributed by atoms with Gasteiger partial charge >= 0.3 is 5.97 Å². The number of rotatable bonds is 15. The van der Waals surface area contributed by atoms with E-state index in [1.807, 2.05) is 19.1 Å². The molecule has 0 spiro atoms. The zero-order valence-electron chi connectivity index (χ0n) is 21.9. The summed E-state index contributed by atoms with van der Waals surface area (Å²) in [6.07, 6.45) is 16.2. The van der Waals surface area contributed by atoms with Gasteiger partial charge in [-0.05, 0) is 49.2 Å². The SMILES string of the molecule is CCCCCCCCCCCCCCn1c2ccc(N)cc2c2cc(/C(C)=N/OC(C)=O)ccc21. The first-order valence-electron chi connectivity index (χ1n) is 13.5. The third kappa shape index (κ3) is 7.84. The summed E-state index contributed by atoms with van der Waals surface area (Å²) >= 11 is 0. The molecule has 2 aromatic carbocycles. The van der Waals surface area contributed by atoms with Crippen molar-refractivity contribution in [1.29, 1.82) is 0 Å². The maximum atomic E-state index is 11.1. The molecule has 1 heterocycles. The lowest BCUT2D eigenvalue weighted by Crippen LogP contribution is -2.00. The van der Waals surface area contributed by atoms with Crippen LogP contribution in [0.15, 0.2) is 41.6 Å². The summed E-state index contributed by atoms with van der Waals surface area (Å²) in [5, 5.41) is 6.26. The van der Waals surface area contributed by atoms with Crippen molar-refractivity contribution in [3.63, 3.8) is 0 Å². The van der Waals surface area contributed by atoms with E-state index >= 15 is 0 Å². The van der Waals surface area contributed by atoms with Gasteiger partial charge in [0.2, 0.25) is 0 Å². The van der Waals surface area contributed by atoms with Gasteiger partial charge in [0.15, 0.2) is 0 Å². The summed E-state index contributed by atoms with van der Waals surface area (Å²) in [5.41, 5.74) is 10.9. The summed E-state index contributed by atoms with van der Waals surface area (Å²) in [4.78, 5) is 16.0. The lowest BCUT2D eigenvalue weighted by molar-refractivity contribution is -0.140. The Balaban J connectivity index is 1.58. The van der Waals surface area contributed by atoms with E-state index in [0.717, 1.165) is 28.6 Å². The molecule has 0 aliphatic heterocycles. The summed E-state index contributed by atoms with van der Waals surface area (Å²) in [6, 6.07) is 12.5. The average Bonchev–Trinajstić information content (AvgIpc) is 3.15. The van der Waals surface area contributed by atoms with Crippen LogP contribution in [0.1, 0.15) is 103 Å². The van der Waals surface area contributed by atoms with Crippen LogP contribution in [0.4, 0.5) is 5.69 Å². The molecule has 3 rings (SSSR count). The van der Waals surface area contributed by atoms with Crippen molar-refractivity contribution >= 4 is 39.2 Å². The number of nitrogen functional groups attached to an aromatic ring is 1. The topological polar surface area (TPSA) is 69.6 Å². The van der Waals surface area contributed by atoms with Crippen molar-refractivity contribution in [1.82, 2.24) is 4.57 Å². The van der Waals surface area contributed by atoms with Gasteiger partial charge in [0.1, 0.15) is 0 Å². The molecule has 0 fully saturated rings. The van der Waals surface area contributed by atoms with Gasteiger partial charge in [0.25, 0.3) is 0 Å². The smallest absolute Gasteiger partial charge is 0.331 e. The number of nitrogens with two attached hydrogens (primary N) is 1. The van der Waals surface area contributed by atoms with Crippen LogP contribution >= 0.6 is 0 Å². The number of hydrogen-bond donors (Lipinski definition) is 1. The maximum Gasteiger partial charge on any atom is 0.331 e. The maximum absolute atomic E-state index is 11.1. The van der Waals surface area contributed by atoms with Gasteiger partial charge in [-0.2, -0.15) is 0 Å². The lowest BCUT2D eigenvalue weighted by Gasteiger charge is -2.08. The Labute approximate surface area is 210 Å². The minimum atomic E-state index is -0.419. The highest BCUT2D eigenvalue weighted by Crippen LogP contribution is 2.32. The van der Waals surface area contributed by atoms with Gasteiger partial charge in [-0.1, -0.05) is 88.8 Å². The number of carbonyl (C=O) groups is 1. The fourth-order valence-corrected chi connectivity index (χ4v) is 4.88. The fourth-order valence-electron chi connectivity index (χ4n) is 4.88. The van der Waals surface area contributed by atoms with Crippen molar-refractivity contribution in [3.05, 3.63) is 42.0 Å². The molecule has 1 aromatic heterocycles. The second-order valence-corrected chi connectivity index (χ2v) is 9.81. The number of anilines is 1. The number of nitrogens with zero attached hydrogens (tertiary/aromatic N) is 2. The standard InChI is InChI=1S/C30H43N3O2/c1-4-5-6-7-8-9-10-11-12-13-14-15-20-33-29-18-16-25(23(2)32-35-24(3)34)21-27(29)28-22-26(31)17-19-30(28)33/h16-19,21-22H,4-15,20,31H2,1-3H3/b32-23+. The third-order valence-corrected chi connectivity index (χ3v) is 6.85. The minimum absolute atomic E-state index is 0.419. The van der Waals surface area contributed by atoms with Gasteiger partial charge in [0.05, 0.1) is 5.71 Å². The summed E-state index contributed by atoms with van der Waals surface area (Å²) < 4.78 is 2.42. The minimum Gasteiger partial charge on any atom is -0.399 e.